The summed E-state index contributed by atoms with van der Waals surface area (Å²) in [6, 6.07) is 4.27. The lowest BCUT2D eigenvalue weighted by Crippen LogP contribution is -2.17. The van der Waals surface area contributed by atoms with Crippen LogP contribution in [0.2, 0.25) is 0 Å². The molecule has 0 saturated heterocycles. The monoisotopic (exact) mass is 209 g/mol. The molecule has 1 aliphatic rings. The molecule has 1 amide bonds. The second-order valence-electron chi connectivity index (χ2n) is 3.67. The van der Waals surface area contributed by atoms with E-state index in [9.17, 15) is 9.18 Å². The minimum Gasteiger partial charge on any atom is -0.337 e. The van der Waals surface area contributed by atoms with Crippen molar-refractivity contribution in [3.8, 4) is 0 Å². The number of hydrogen-bond acceptors (Lipinski definition) is 1. The van der Waals surface area contributed by atoms with E-state index in [0.29, 0.717) is 12.1 Å². The summed E-state index contributed by atoms with van der Waals surface area (Å²) in [4.78, 5) is 12.9. The van der Waals surface area contributed by atoms with E-state index in [2.05, 4.69) is 13.8 Å². The van der Waals surface area contributed by atoms with Crippen LogP contribution in [0.5, 0.6) is 0 Å². The maximum Gasteiger partial charge on any atom is 0.254 e. The first-order valence-electron chi connectivity index (χ1n) is 5.14. The SMILES string of the molecule is CCC.CN1Cc2cc(F)ccc2C1=O. The van der Waals surface area contributed by atoms with Gasteiger partial charge in [0.25, 0.3) is 5.91 Å². The quantitative estimate of drug-likeness (QED) is 0.643. The lowest BCUT2D eigenvalue weighted by Gasteiger charge is -2.04. The van der Waals surface area contributed by atoms with Crippen molar-refractivity contribution in [2.45, 2.75) is 26.8 Å². The smallest absolute Gasteiger partial charge is 0.254 e. The fourth-order valence-corrected chi connectivity index (χ4v) is 1.43. The Kier molecular flexibility index (Phi) is 3.83. The van der Waals surface area contributed by atoms with Crippen LogP contribution in [0.25, 0.3) is 0 Å². The lowest BCUT2D eigenvalue weighted by atomic mass is 10.1. The number of carbonyl (C=O) groups excluding carboxylic acids is 1. The van der Waals surface area contributed by atoms with E-state index < -0.39 is 0 Å². The first-order chi connectivity index (χ1) is 7.10. The Balaban J connectivity index is 0.000000337. The summed E-state index contributed by atoms with van der Waals surface area (Å²) in [5.41, 5.74) is 1.40. The Morgan fingerprint density at radius 1 is 1.40 bits per heavy atom. The lowest BCUT2D eigenvalue weighted by molar-refractivity contribution is 0.0816. The van der Waals surface area contributed by atoms with E-state index >= 15 is 0 Å². The van der Waals surface area contributed by atoms with Crippen LogP contribution < -0.4 is 0 Å². The highest BCUT2D eigenvalue weighted by Gasteiger charge is 2.23. The third-order valence-electron chi connectivity index (χ3n) is 2.05. The summed E-state index contributed by atoms with van der Waals surface area (Å²) in [6.45, 7) is 4.77. The highest BCUT2D eigenvalue weighted by atomic mass is 19.1. The van der Waals surface area contributed by atoms with Crippen LogP contribution in [0, 0.1) is 5.82 Å². The fourth-order valence-electron chi connectivity index (χ4n) is 1.43. The van der Waals surface area contributed by atoms with Gasteiger partial charge in [0.15, 0.2) is 0 Å². The van der Waals surface area contributed by atoms with Gasteiger partial charge in [-0.1, -0.05) is 20.3 Å². The number of rotatable bonds is 0. The molecule has 0 radical (unpaired) electrons. The topological polar surface area (TPSA) is 20.3 Å². The van der Waals surface area contributed by atoms with Gasteiger partial charge in [-0.2, -0.15) is 0 Å². The zero-order chi connectivity index (χ0) is 11.4. The number of fused-ring (bicyclic) bond motifs is 1. The fraction of sp³-hybridized carbons (Fsp3) is 0.417. The molecule has 0 saturated carbocycles. The highest BCUT2D eigenvalue weighted by Crippen LogP contribution is 2.21. The number of amides is 1. The molecule has 1 heterocycles. The molecule has 0 unspecified atom stereocenters. The van der Waals surface area contributed by atoms with Crippen molar-refractivity contribution in [1.29, 1.82) is 0 Å². The van der Waals surface area contributed by atoms with Crippen molar-refractivity contribution in [3.05, 3.63) is 35.1 Å². The molecule has 0 atom stereocenters. The van der Waals surface area contributed by atoms with Crippen LogP contribution >= 0.6 is 0 Å². The van der Waals surface area contributed by atoms with E-state index in [1.165, 1.54) is 24.6 Å². The van der Waals surface area contributed by atoms with Gasteiger partial charge in [-0.15, -0.1) is 0 Å². The molecule has 0 fully saturated rings. The van der Waals surface area contributed by atoms with Gasteiger partial charge in [-0.3, -0.25) is 4.79 Å². The molecule has 0 N–H and O–H groups in total. The minimum atomic E-state index is -0.281. The third kappa shape index (κ3) is 2.55. The summed E-state index contributed by atoms with van der Waals surface area (Å²) in [5.74, 6) is -0.304. The third-order valence-corrected chi connectivity index (χ3v) is 2.05. The molecule has 1 aromatic rings. The Morgan fingerprint density at radius 2 is 2.00 bits per heavy atom. The Bertz CT molecular complexity index is 363. The first-order valence-corrected chi connectivity index (χ1v) is 5.14. The largest absolute Gasteiger partial charge is 0.337 e. The maximum absolute atomic E-state index is 12.7. The predicted octanol–water partition coefficient (Wildman–Crippen LogP) is 2.83. The molecular formula is C12H16FNO. The number of benzene rings is 1. The molecule has 1 aromatic carbocycles. The second kappa shape index (κ2) is 4.91. The van der Waals surface area contributed by atoms with Crippen LogP contribution in [0.4, 0.5) is 4.39 Å². The average Bonchev–Trinajstić information content (AvgIpc) is 2.43. The van der Waals surface area contributed by atoms with Gasteiger partial charge in [0.1, 0.15) is 5.82 Å². The molecule has 82 valence electrons. The van der Waals surface area contributed by atoms with Crippen molar-refractivity contribution in [2.24, 2.45) is 0 Å². The van der Waals surface area contributed by atoms with Gasteiger partial charge in [0, 0.05) is 19.2 Å². The van der Waals surface area contributed by atoms with Crippen molar-refractivity contribution in [2.75, 3.05) is 7.05 Å². The number of halogens is 1. The van der Waals surface area contributed by atoms with Crippen molar-refractivity contribution in [1.82, 2.24) is 4.90 Å². The van der Waals surface area contributed by atoms with Gasteiger partial charge in [-0.25, -0.2) is 4.39 Å². The molecule has 0 aliphatic carbocycles. The number of hydrogen-bond donors (Lipinski definition) is 0. The van der Waals surface area contributed by atoms with Gasteiger partial charge < -0.3 is 4.90 Å². The molecule has 2 nitrogen and oxygen atoms in total. The Morgan fingerprint density at radius 3 is 2.60 bits per heavy atom. The van der Waals surface area contributed by atoms with E-state index in [0.717, 1.165) is 5.56 Å². The number of carbonyl (C=O) groups is 1. The summed E-state index contributed by atoms with van der Waals surface area (Å²) >= 11 is 0. The first kappa shape index (κ1) is 11.7. The van der Waals surface area contributed by atoms with Crippen molar-refractivity contribution in [3.63, 3.8) is 0 Å². The van der Waals surface area contributed by atoms with Crippen LogP contribution in [-0.4, -0.2) is 17.9 Å². The summed E-state index contributed by atoms with van der Waals surface area (Å²) in [7, 11) is 1.71. The van der Waals surface area contributed by atoms with E-state index in [1.54, 1.807) is 11.9 Å². The van der Waals surface area contributed by atoms with Crippen molar-refractivity contribution >= 4 is 5.91 Å². The van der Waals surface area contributed by atoms with E-state index in [4.69, 9.17) is 0 Å². The molecule has 3 heteroatoms. The zero-order valence-corrected chi connectivity index (χ0v) is 9.38. The molecule has 0 aromatic heterocycles. The number of nitrogens with zero attached hydrogens (tertiary/aromatic N) is 1. The highest BCUT2D eigenvalue weighted by molar-refractivity contribution is 5.98. The van der Waals surface area contributed by atoms with E-state index in [1.807, 2.05) is 0 Å². The van der Waals surface area contributed by atoms with Crippen LogP contribution in [0.1, 0.15) is 36.2 Å². The summed E-state index contributed by atoms with van der Waals surface area (Å²) in [6.07, 6.45) is 1.25. The van der Waals surface area contributed by atoms with E-state index in [-0.39, 0.29) is 11.7 Å². The summed E-state index contributed by atoms with van der Waals surface area (Å²) < 4.78 is 12.7. The van der Waals surface area contributed by atoms with Crippen LogP contribution in [0.3, 0.4) is 0 Å². The van der Waals surface area contributed by atoms with Gasteiger partial charge in [0.05, 0.1) is 0 Å². The second-order valence-corrected chi connectivity index (χ2v) is 3.67. The molecule has 2 rings (SSSR count). The minimum absolute atomic E-state index is 0.0231. The maximum atomic E-state index is 12.7. The molecule has 0 spiro atoms. The Hall–Kier alpha value is -1.38. The molecule has 15 heavy (non-hydrogen) atoms. The molecule has 1 aliphatic heterocycles. The van der Waals surface area contributed by atoms with Crippen molar-refractivity contribution < 1.29 is 9.18 Å². The van der Waals surface area contributed by atoms with Crippen LogP contribution in [0.15, 0.2) is 18.2 Å². The standard InChI is InChI=1S/C9H8FNO.C3H8/c1-11-5-6-4-7(10)2-3-8(6)9(11)12;1-3-2/h2-4H,5H2,1H3;3H2,1-2H3. The van der Waals surface area contributed by atoms with Gasteiger partial charge in [-0.05, 0) is 23.8 Å². The van der Waals surface area contributed by atoms with Crippen LogP contribution in [-0.2, 0) is 6.54 Å². The Labute approximate surface area is 89.7 Å². The average molecular weight is 209 g/mol. The zero-order valence-electron chi connectivity index (χ0n) is 9.38. The normalized spacial score (nSPS) is 13.3. The summed E-state index contributed by atoms with van der Waals surface area (Å²) in [5, 5.41) is 0. The predicted molar refractivity (Wildman–Crippen MR) is 58.2 cm³/mol. The van der Waals surface area contributed by atoms with Gasteiger partial charge in [0.2, 0.25) is 0 Å². The molecule has 0 bridgehead atoms. The van der Waals surface area contributed by atoms with Gasteiger partial charge >= 0.3 is 0 Å². The molecular weight excluding hydrogens is 193 g/mol.